The van der Waals surface area contributed by atoms with Gasteiger partial charge in [-0.15, -0.1) is 0 Å². The second-order valence-corrected chi connectivity index (χ2v) is 4.87. The molecule has 1 fully saturated rings. The van der Waals surface area contributed by atoms with Crippen molar-refractivity contribution < 1.29 is 13.9 Å². The summed E-state index contributed by atoms with van der Waals surface area (Å²) in [6, 6.07) is 4.82. The van der Waals surface area contributed by atoms with Crippen LogP contribution in [0.3, 0.4) is 0 Å². The molecule has 1 aromatic carbocycles. The summed E-state index contributed by atoms with van der Waals surface area (Å²) in [6.45, 7) is 2.93. The highest BCUT2D eigenvalue weighted by molar-refractivity contribution is 5.97. The summed E-state index contributed by atoms with van der Waals surface area (Å²) in [6.07, 6.45) is 1.70. The topological polar surface area (TPSA) is 50.4 Å². The standard InChI is InChI=1S/C14H19FN2O2/c1-9-8-10(6-7-16-9)17-14(18)13-11(15)4-3-5-12(13)19-2/h3-5,9-10,16H,6-8H2,1-2H3,(H,17,18). The van der Waals surface area contributed by atoms with Crippen LogP contribution in [0, 0.1) is 5.82 Å². The summed E-state index contributed by atoms with van der Waals surface area (Å²) < 4.78 is 18.8. The number of hydrogen-bond donors (Lipinski definition) is 2. The third kappa shape index (κ3) is 3.23. The van der Waals surface area contributed by atoms with Gasteiger partial charge in [0.1, 0.15) is 17.1 Å². The molecule has 104 valence electrons. The normalized spacial score (nSPS) is 22.9. The SMILES string of the molecule is COc1cccc(F)c1C(=O)NC1CCNC(C)C1. The molecular formula is C14H19FN2O2. The first kappa shape index (κ1) is 13.8. The molecule has 4 nitrogen and oxygen atoms in total. The first-order valence-electron chi connectivity index (χ1n) is 6.48. The van der Waals surface area contributed by atoms with Crippen LogP contribution in [0.1, 0.15) is 30.1 Å². The lowest BCUT2D eigenvalue weighted by atomic mass is 10.00. The van der Waals surface area contributed by atoms with E-state index >= 15 is 0 Å². The second-order valence-electron chi connectivity index (χ2n) is 4.87. The smallest absolute Gasteiger partial charge is 0.258 e. The van der Waals surface area contributed by atoms with E-state index in [0.29, 0.717) is 6.04 Å². The van der Waals surface area contributed by atoms with Gasteiger partial charge < -0.3 is 15.4 Å². The van der Waals surface area contributed by atoms with Gasteiger partial charge in [0.15, 0.2) is 0 Å². The van der Waals surface area contributed by atoms with Gasteiger partial charge in [0.2, 0.25) is 0 Å². The number of amides is 1. The average Bonchev–Trinajstić information content (AvgIpc) is 2.38. The third-order valence-electron chi connectivity index (χ3n) is 3.38. The molecule has 2 atom stereocenters. The molecule has 19 heavy (non-hydrogen) atoms. The third-order valence-corrected chi connectivity index (χ3v) is 3.38. The molecule has 1 aliphatic heterocycles. The molecule has 2 unspecified atom stereocenters. The summed E-state index contributed by atoms with van der Waals surface area (Å²) in [5.74, 6) is -0.702. The monoisotopic (exact) mass is 266 g/mol. The highest BCUT2D eigenvalue weighted by atomic mass is 19.1. The van der Waals surface area contributed by atoms with E-state index in [2.05, 4.69) is 17.6 Å². The zero-order valence-corrected chi connectivity index (χ0v) is 11.2. The highest BCUT2D eigenvalue weighted by Crippen LogP contribution is 2.21. The van der Waals surface area contributed by atoms with Gasteiger partial charge in [0.25, 0.3) is 5.91 Å². The molecule has 1 amide bonds. The molecule has 0 radical (unpaired) electrons. The Morgan fingerprint density at radius 3 is 3.00 bits per heavy atom. The zero-order valence-electron chi connectivity index (χ0n) is 11.2. The maximum Gasteiger partial charge on any atom is 0.258 e. The van der Waals surface area contributed by atoms with E-state index in [-0.39, 0.29) is 17.4 Å². The zero-order chi connectivity index (χ0) is 13.8. The molecule has 1 aliphatic rings. The first-order valence-corrected chi connectivity index (χ1v) is 6.48. The molecule has 5 heteroatoms. The molecule has 2 rings (SSSR count). The van der Waals surface area contributed by atoms with Crippen LogP contribution in [0.25, 0.3) is 0 Å². The molecule has 0 saturated carbocycles. The van der Waals surface area contributed by atoms with E-state index in [1.54, 1.807) is 6.07 Å². The molecule has 0 bridgehead atoms. The average molecular weight is 266 g/mol. The molecule has 1 aromatic rings. The van der Waals surface area contributed by atoms with Crippen molar-refractivity contribution >= 4 is 5.91 Å². The Bertz CT molecular complexity index is 465. The van der Waals surface area contributed by atoms with E-state index in [9.17, 15) is 9.18 Å². The lowest BCUT2D eigenvalue weighted by Gasteiger charge is -2.28. The van der Waals surface area contributed by atoms with Gasteiger partial charge in [-0.25, -0.2) is 4.39 Å². The first-order chi connectivity index (χ1) is 9.11. The van der Waals surface area contributed by atoms with Crippen LogP contribution in [0.15, 0.2) is 18.2 Å². The van der Waals surface area contributed by atoms with Crippen LogP contribution in [-0.2, 0) is 0 Å². The number of carbonyl (C=O) groups is 1. The van der Waals surface area contributed by atoms with Crippen LogP contribution in [0.5, 0.6) is 5.75 Å². The van der Waals surface area contributed by atoms with Crippen molar-refractivity contribution in [3.8, 4) is 5.75 Å². The minimum Gasteiger partial charge on any atom is -0.496 e. The molecule has 1 saturated heterocycles. The summed E-state index contributed by atoms with van der Waals surface area (Å²) >= 11 is 0. The van der Waals surface area contributed by atoms with E-state index in [0.717, 1.165) is 19.4 Å². The minimum atomic E-state index is -0.557. The maximum absolute atomic E-state index is 13.8. The van der Waals surface area contributed by atoms with Crippen LogP contribution in [-0.4, -0.2) is 31.6 Å². The summed E-state index contributed by atoms with van der Waals surface area (Å²) in [5, 5.41) is 6.19. The number of nitrogens with one attached hydrogen (secondary N) is 2. The molecule has 1 heterocycles. The lowest BCUT2D eigenvalue weighted by molar-refractivity contribution is 0.0918. The number of halogens is 1. The van der Waals surface area contributed by atoms with Crippen LogP contribution in [0.4, 0.5) is 4.39 Å². The predicted molar refractivity (Wildman–Crippen MR) is 70.9 cm³/mol. The van der Waals surface area contributed by atoms with Crippen LogP contribution < -0.4 is 15.4 Å². The van der Waals surface area contributed by atoms with Crippen LogP contribution in [0.2, 0.25) is 0 Å². The van der Waals surface area contributed by atoms with Crippen molar-refractivity contribution in [2.45, 2.75) is 31.8 Å². The summed E-state index contributed by atoms with van der Waals surface area (Å²) in [7, 11) is 1.43. The fraction of sp³-hybridized carbons (Fsp3) is 0.500. The fourth-order valence-corrected chi connectivity index (χ4v) is 2.42. The van der Waals surface area contributed by atoms with Gasteiger partial charge in [0, 0.05) is 12.1 Å². The number of ether oxygens (including phenoxy) is 1. The highest BCUT2D eigenvalue weighted by Gasteiger charge is 2.23. The molecule has 0 spiro atoms. The van der Waals surface area contributed by atoms with E-state index in [1.165, 1.54) is 19.2 Å². The van der Waals surface area contributed by atoms with Crippen LogP contribution >= 0.6 is 0 Å². The number of benzene rings is 1. The number of carbonyl (C=O) groups excluding carboxylic acids is 1. The van der Waals surface area contributed by atoms with Crippen molar-refractivity contribution in [3.05, 3.63) is 29.6 Å². The van der Waals surface area contributed by atoms with Crippen molar-refractivity contribution in [2.24, 2.45) is 0 Å². The Morgan fingerprint density at radius 2 is 2.32 bits per heavy atom. The maximum atomic E-state index is 13.8. The number of piperidine rings is 1. The summed E-state index contributed by atoms with van der Waals surface area (Å²) in [4.78, 5) is 12.2. The minimum absolute atomic E-state index is 0.0174. The number of hydrogen-bond acceptors (Lipinski definition) is 3. The van der Waals surface area contributed by atoms with E-state index < -0.39 is 11.7 Å². The quantitative estimate of drug-likeness (QED) is 0.875. The lowest BCUT2D eigenvalue weighted by Crippen LogP contribution is -2.46. The Balaban J connectivity index is 2.11. The Morgan fingerprint density at radius 1 is 1.53 bits per heavy atom. The number of rotatable bonds is 3. The van der Waals surface area contributed by atoms with Crippen molar-refractivity contribution in [1.29, 1.82) is 0 Å². The fourth-order valence-electron chi connectivity index (χ4n) is 2.42. The predicted octanol–water partition coefficient (Wildman–Crippen LogP) is 1.70. The van der Waals surface area contributed by atoms with Crippen molar-refractivity contribution in [3.63, 3.8) is 0 Å². The van der Waals surface area contributed by atoms with Crippen molar-refractivity contribution in [1.82, 2.24) is 10.6 Å². The van der Waals surface area contributed by atoms with Gasteiger partial charge in [-0.1, -0.05) is 6.07 Å². The van der Waals surface area contributed by atoms with E-state index in [1.807, 2.05) is 0 Å². The Labute approximate surface area is 112 Å². The van der Waals surface area contributed by atoms with Gasteiger partial charge in [-0.2, -0.15) is 0 Å². The molecule has 2 N–H and O–H groups in total. The van der Waals surface area contributed by atoms with Gasteiger partial charge in [-0.3, -0.25) is 4.79 Å². The Kier molecular flexibility index (Phi) is 4.37. The van der Waals surface area contributed by atoms with Crippen molar-refractivity contribution in [2.75, 3.05) is 13.7 Å². The van der Waals surface area contributed by atoms with E-state index in [4.69, 9.17) is 4.74 Å². The molecular weight excluding hydrogens is 247 g/mol. The summed E-state index contributed by atoms with van der Waals surface area (Å²) in [5.41, 5.74) is -0.0174. The molecule has 0 aromatic heterocycles. The Hall–Kier alpha value is -1.62. The second kappa shape index (κ2) is 6.02. The van der Waals surface area contributed by atoms with Gasteiger partial charge in [0.05, 0.1) is 7.11 Å². The number of methoxy groups -OCH3 is 1. The van der Waals surface area contributed by atoms with Gasteiger partial charge in [-0.05, 0) is 38.4 Å². The van der Waals surface area contributed by atoms with Gasteiger partial charge >= 0.3 is 0 Å². The largest absolute Gasteiger partial charge is 0.496 e. The molecule has 0 aliphatic carbocycles.